The van der Waals surface area contributed by atoms with Crippen LogP contribution in [0.3, 0.4) is 0 Å². The quantitative estimate of drug-likeness (QED) is 0.723. The van der Waals surface area contributed by atoms with Gasteiger partial charge < -0.3 is 5.32 Å². The highest BCUT2D eigenvalue weighted by molar-refractivity contribution is 7.98. The maximum absolute atomic E-state index is 12.6. The third kappa shape index (κ3) is 3.28. The third-order valence-corrected chi connectivity index (χ3v) is 4.53. The fourth-order valence-electron chi connectivity index (χ4n) is 2.53. The van der Waals surface area contributed by atoms with Gasteiger partial charge in [-0.25, -0.2) is 4.68 Å². The molecule has 5 nitrogen and oxygen atoms in total. The topological polar surface area (TPSA) is 70.7 Å². The minimum Gasteiger partial charge on any atom is -0.304 e. The van der Waals surface area contributed by atoms with Gasteiger partial charge in [-0.15, -0.1) is 16.9 Å². The van der Waals surface area contributed by atoms with Crippen molar-refractivity contribution in [3.8, 4) is 11.8 Å². The Labute approximate surface area is 150 Å². The van der Waals surface area contributed by atoms with Gasteiger partial charge in [0, 0.05) is 5.56 Å². The van der Waals surface area contributed by atoms with Crippen molar-refractivity contribution in [1.29, 1.82) is 5.26 Å². The number of amides is 1. The highest BCUT2D eigenvalue weighted by Gasteiger charge is 2.21. The zero-order valence-electron chi connectivity index (χ0n) is 13.9. The van der Waals surface area contributed by atoms with Gasteiger partial charge in [-0.2, -0.15) is 5.26 Å². The van der Waals surface area contributed by atoms with Crippen LogP contribution in [0.4, 0.5) is 5.82 Å². The van der Waals surface area contributed by atoms with Gasteiger partial charge >= 0.3 is 0 Å². The fraction of sp³-hybridized carbons (Fsp3) is 0.105. The third-order valence-electron chi connectivity index (χ3n) is 3.77. The van der Waals surface area contributed by atoms with E-state index >= 15 is 0 Å². The average Bonchev–Trinajstić information content (AvgIpc) is 3.00. The lowest BCUT2D eigenvalue weighted by atomic mass is 10.1. The molecule has 1 heterocycles. The van der Waals surface area contributed by atoms with Gasteiger partial charge in [0.2, 0.25) is 0 Å². The number of carbonyl (C=O) groups excluding carboxylic acids is 1. The lowest BCUT2D eigenvalue weighted by Gasteiger charge is -2.05. The zero-order chi connectivity index (χ0) is 17.8. The van der Waals surface area contributed by atoms with E-state index in [1.54, 1.807) is 10.7 Å². The molecule has 124 valence electrons. The van der Waals surface area contributed by atoms with Gasteiger partial charge in [-0.05, 0) is 36.9 Å². The Morgan fingerprint density at radius 3 is 2.48 bits per heavy atom. The van der Waals surface area contributed by atoms with Crippen LogP contribution < -0.4 is 5.32 Å². The van der Waals surface area contributed by atoms with E-state index in [4.69, 9.17) is 0 Å². The Bertz CT molecular complexity index is 957. The summed E-state index contributed by atoms with van der Waals surface area (Å²) in [5.41, 5.74) is 2.62. The molecule has 0 radical (unpaired) electrons. The number of aryl methyl sites for hydroxylation is 1. The summed E-state index contributed by atoms with van der Waals surface area (Å²) in [7, 11) is 0. The summed E-state index contributed by atoms with van der Waals surface area (Å²) >= 11 is 1.42. The molecule has 1 aromatic heterocycles. The number of aromatic nitrogens is 2. The van der Waals surface area contributed by atoms with Gasteiger partial charge in [0.05, 0.1) is 5.69 Å². The highest BCUT2D eigenvalue weighted by atomic mass is 32.2. The second-order valence-corrected chi connectivity index (χ2v) is 6.16. The van der Waals surface area contributed by atoms with Crippen LogP contribution in [0, 0.1) is 18.3 Å². The van der Waals surface area contributed by atoms with E-state index in [0.29, 0.717) is 16.2 Å². The first-order chi connectivity index (χ1) is 12.2. The van der Waals surface area contributed by atoms with Crippen molar-refractivity contribution in [1.82, 2.24) is 9.78 Å². The molecule has 3 aromatic rings. The summed E-state index contributed by atoms with van der Waals surface area (Å²) in [5, 5.41) is 17.5. The molecular formula is C19H16N4OS. The number of hydrogen-bond donors (Lipinski definition) is 1. The molecule has 2 aromatic carbocycles. The van der Waals surface area contributed by atoms with E-state index in [-0.39, 0.29) is 11.7 Å². The summed E-state index contributed by atoms with van der Waals surface area (Å²) in [5.74, 6) is -0.0103. The Balaban J connectivity index is 2.03. The van der Waals surface area contributed by atoms with Gasteiger partial charge in [-0.1, -0.05) is 36.4 Å². The smallest absolute Gasteiger partial charge is 0.257 e. The van der Waals surface area contributed by atoms with E-state index in [1.807, 2.05) is 61.7 Å². The van der Waals surface area contributed by atoms with Gasteiger partial charge in [0.25, 0.3) is 5.91 Å². The number of hydrogen-bond acceptors (Lipinski definition) is 4. The lowest BCUT2D eigenvalue weighted by Crippen LogP contribution is -2.14. The number of nitriles is 1. The maximum Gasteiger partial charge on any atom is 0.257 e. The van der Waals surface area contributed by atoms with Crippen LogP contribution in [-0.2, 0) is 0 Å². The van der Waals surface area contributed by atoms with Crippen LogP contribution in [0.5, 0.6) is 0 Å². The minimum absolute atomic E-state index is 0.268. The molecule has 0 bridgehead atoms. The van der Waals surface area contributed by atoms with Crippen molar-refractivity contribution in [2.45, 2.75) is 11.9 Å². The molecule has 1 N–H and O–H groups in total. The standard InChI is InChI=1S/C19H16N4OS/c1-13-8-6-7-11-15(13)18(24)21-17-16(12-20)19(25-2)23(22-17)14-9-4-3-5-10-14/h3-11H,1-2H3,(H,21,22,24). The second kappa shape index (κ2) is 7.24. The molecule has 0 aliphatic carbocycles. The predicted molar refractivity (Wildman–Crippen MR) is 99.2 cm³/mol. The molecule has 0 unspecified atom stereocenters. The molecule has 1 amide bonds. The van der Waals surface area contributed by atoms with Gasteiger partial charge in [0.15, 0.2) is 5.82 Å². The van der Waals surface area contributed by atoms with Crippen molar-refractivity contribution in [3.05, 3.63) is 71.3 Å². The van der Waals surface area contributed by atoms with E-state index in [0.717, 1.165) is 11.3 Å². The first-order valence-corrected chi connectivity index (χ1v) is 8.87. The Morgan fingerprint density at radius 1 is 1.16 bits per heavy atom. The molecular weight excluding hydrogens is 332 g/mol. The molecule has 0 saturated carbocycles. The number of nitrogens with one attached hydrogen (secondary N) is 1. The van der Waals surface area contributed by atoms with Crippen LogP contribution in [0.2, 0.25) is 0 Å². The molecule has 0 aliphatic rings. The summed E-state index contributed by atoms with van der Waals surface area (Å²) in [6.45, 7) is 1.87. The van der Waals surface area contributed by atoms with Gasteiger partial charge in [0.1, 0.15) is 16.7 Å². The van der Waals surface area contributed by atoms with Crippen LogP contribution in [0.25, 0.3) is 5.69 Å². The molecule has 0 saturated heterocycles. The average molecular weight is 348 g/mol. The summed E-state index contributed by atoms with van der Waals surface area (Å²) in [4.78, 5) is 12.6. The SMILES string of the molecule is CSc1c(C#N)c(NC(=O)c2ccccc2C)nn1-c1ccccc1. The van der Waals surface area contributed by atoms with Crippen LogP contribution in [0.15, 0.2) is 59.6 Å². The Morgan fingerprint density at radius 2 is 1.84 bits per heavy atom. The molecule has 25 heavy (non-hydrogen) atoms. The van der Waals surface area contributed by atoms with Crippen molar-refractivity contribution in [2.24, 2.45) is 0 Å². The van der Waals surface area contributed by atoms with Crippen LogP contribution in [0.1, 0.15) is 21.5 Å². The highest BCUT2D eigenvalue weighted by Crippen LogP contribution is 2.29. The summed E-state index contributed by atoms with van der Waals surface area (Å²) < 4.78 is 1.68. The summed E-state index contributed by atoms with van der Waals surface area (Å²) in [6, 6.07) is 19.0. The van der Waals surface area contributed by atoms with Crippen molar-refractivity contribution < 1.29 is 4.79 Å². The first-order valence-electron chi connectivity index (χ1n) is 7.65. The number of benzene rings is 2. The second-order valence-electron chi connectivity index (χ2n) is 5.36. The number of rotatable bonds is 4. The number of para-hydroxylation sites is 1. The minimum atomic E-state index is -0.278. The molecule has 0 fully saturated rings. The summed E-state index contributed by atoms with van der Waals surface area (Å²) in [6.07, 6.45) is 1.88. The number of thioether (sulfide) groups is 1. The van der Waals surface area contributed by atoms with Gasteiger partial charge in [-0.3, -0.25) is 4.79 Å². The monoisotopic (exact) mass is 348 g/mol. The molecule has 0 aliphatic heterocycles. The normalized spacial score (nSPS) is 10.3. The zero-order valence-corrected chi connectivity index (χ0v) is 14.7. The lowest BCUT2D eigenvalue weighted by molar-refractivity contribution is 0.102. The Kier molecular flexibility index (Phi) is 4.87. The fourth-order valence-corrected chi connectivity index (χ4v) is 3.19. The number of nitrogens with zero attached hydrogens (tertiary/aromatic N) is 3. The predicted octanol–water partition coefficient (Wildman–Crippen LogP) is 4.03. The van der Waals surface area contributed by atoms with E-state index in [9.17, 15) is 10.1 Å². The van der Waals surface area contributed by atoms with Crippen molar-refractivity contribution in [3.63, 3.8) is 0 Å². The maximum atomic E-state index is 12.6. The van der Waals surface area contributed by atoms with Crippen molar-refractivity contribution >= 4 is 23.5 Å². The largest absolute Gasteiger partial charge is 0.304 e. The van der Waals surface area contributed by atoms with E-state index in [2.05, 4.69) is 16.5 Å². The van der Waals surface area contributed by atoms with E-state index in [1.165, 1.54) is 11.8 Å². The number of carbonyl (C=O) groups is 1. The molecule has 3 rings (SSSR count). The van der Waals surface area contributed by atoms with Crippen molar-refractivity contribution in [2.75, 3.05) is 11.6 Å². The molecule has 6 heteroatoms. The first kappa shape index (κ1) is 16.8. The van der Waals surface area contributed by atoms with Crippen LogP contribution >= 0.6 is 11.8 Å². The number of anilines is 1. The molecule has 0 spiro atoms. The van der Waals surface area contributed by atoms with E-state index < -0.39 is 0 Å². The van der Waals surface area contributed by atoms with Crippen LogP contribution in [-0.4, -0.2) is 21.9 Å². The Hall–Kier alpha value is -3.04. The molecule has 0 atom stereocenters.